The van der Waals surface area contributed by atoms with Gasteiger partial charge in [0.1, 0.15) is 11.6 Å². The highest BCUT2D eigenvalue weighted by molar-refractivity contribution is 9.10. The first-order valence-electron chi connectivity index (χ1n) is 7.36. The van der Waals surface area contributed by atoms with E-state index >= 15 is 0 Å². The van der Waals surface area contributed by atoms with Crippen LogP contribution in [0.4, 0.5) is 10.1 Å². The zero-order chi connectivity index (χ0) is 18.7. The molecule has 0 aliphatic heterocycles. The van der Waals surface area contributed by atoms with Crippen LogP contribution >= 0.6 is 15.9 Å². The second-order valence-electron chi connectivity index (χ2n) is 5.21. The molecule has 1 aromatic heterocycles. The van der Waals surface area contributed by atoms with E-state index in [0.29, 0.717) is 11.4 Å². The predicted molar refractivity (Wildman–Crippen MR) is 98.2 cm³/mol. The number of benzene rings is 2. The van der Waals surface area contributed by atoms with E-state index in [1.165, 1.54) is 19.2 Å². The molecule has 0 N–H and O–H groups in total. The maximum atomic E-state index is 13.0. The standard InChI is InChI=1S/C17H13BrFN3O3S/c1-22(26(23,24)16-8-2-13(19)3-9-16)14-4-6-15(7-5-14)25-17-20-10-12(18)11-21-17/h2-11H,1H3. The maximum Gasteiger partial charge on any atom is 0.321 e. The van der Waals surface area contributed by atoms with Crippen LogP contribution in [0.3, 0.4) is 0 Å². The third kappa shape index (κ3) is 4.00. The van der Waals surface area contributed by atoms with Crippen molar-refractivity contribution < 1.29 is 17.5 Å². The minimum atomic E-state index is -3.79. The van der Waals surface area contributed by atoms with Crippen molar-refractivity contribution in [2.24, 2.45) is 0 Å². The summed E-state index contributed by atoms with van der Waals surface area (Å²) in [5.41, 5.74) is 0.429. The van der Waals surface area contributed by atoms with E-state index in [-0.39, 0.29) is 10.9 Å². The summed E-state index contributed by atoms with van der Waals surface area (Å²) in [5.74, 6) is -0.0353. The number of hydrogen-bond acceptors (Lipinski definition) is 5. The maximum absolute atomic E-state index is 13.0. The fourth-order valence-electron chi connectivity index (χ4n) is 2.09. The molecule has 9 heteroatoms. The van der Waals surface area contributed by atoms with Gasteiger partial charge >= 0.3 is 6.01 Å². The molecule has 0 aliphatic carbocycles. The molecule has 6 nitrogen and oxygen atoms in total. The first kappa shape index (κ1) is 18.3. The number of aromatic nitrogens is 2. The minimum absolute atomic E-state index is 0.00462. The Morgan fingerprint density at radius 3 is 2.15 bits per heavy atom. The van der Waals surface area contributed by atoms with Crippen molar-refractivity contribution in [3.8, 4) is 11.8 Å². The van der Waals surface area contributed by atoms with Crippen LogP contribution in [0.25, 0.3) is 0 Å². The van der Waals surface area contributed by atoms with Gasteiger partial charge in [-0.25, -0.2) is 22.8 Å². The number of hydrogen-bond donors (Lipinski definition) is 0. The van der Waals surface area contributed by atoms with Crippen molar-refractivity contribution in [2.45, 2.75) is 4.90 Å². The van der Waals surface area contributed by atoms with Gasteiger partial charge in [0.05, 0.1) is 15.1 Å². The molecule has 0 fully saturated rings. The highest BCUT2D eigenvalue weighted by Crippen LogP contribution is 2.26. The Kier molecular flexibility index (Phi) is 5.19. The van der Waals surface area contributed by atoms with E-state index in [1.807, 2.05) is 0 Å². The van der Waals surface area contributed by atoms with Crippen LogP contribution < -0.4 is 9.04 Å². The monoisotopic (exact) mass is 437 g/mol. The van der Waals surface area contributed by atoms with E-state index in [1.54, 1.807) is 36.7 Å². The highest BCUT2D eigenvalue weighted by atomic mass is 79.9. The summed E-state index contributed by atoms with van der Waals surface area (Å²) in [7, 11) is -2.37. The lowest BCUT2D eigenvalue weighted by atomic mass is 10.3. The average molecular weight is 438 g/mol. The molecule has 134 valence electrons. The lowest BCUT2D eigenvalue weighted by Gasteiger charge is -2.19. The van der Waals surface area contributed by atoms with Gasteiger partial charge in [-0.15, -0.1) is 0 Å². The molecular formula is C17H13BrFN3O3S. The molecule has 0 unspecified atom stereocenters. The quantitative estimate of drug-likeness (QED) is 0.603. The lowest BCUT2D eigenvalue weighted by molar-refractivity contribution is 0.441. The van der Waals surface area contributed by atoms with Crippen molar-refractivity contribution in [3.05, 3.63) is 71.2 Å². The van der Waals surface area contributed by atoms with Gasteiger partial charge in [-0.2, -0.15) is 0 Å². The number of halogens is 2. The Hall–Kier alpha value is -2.52. The average Bonchev–Trinajstić information content (AvgIpc) is 2.64. The van der Waals surface area contributed by atoms with Gasteiger partial charge < -0.3 is 4.74 Å². The summed E-state index contributed by atoms with van der Waals surface area (Å²) < 4.78 is 45.5. The lowest BCUT2D eigenvalue weighted by Crippen LogP contribution is -2.26. The third-order valence-electron chi connectivity index (χ3n) is 3.48. The number of ether oxygens (including phenoxy) is 1. The number of sulfonamides is 1. The largest absolute Gasteiger partial charge is 0.424 e. The highest BCUT2D eigenvalue weighted by Gasteiger charge is 2.21. The van der Waals surface area contributed by atoms with Gasteiger partial charge in [0.25, 0.3) is 10.0 Å². The smallest absolute Gasteiger partial charge is 0.321 e. The summed E-state index contributed by atoms with van der Waals surface area (Å²) in [6, 6.07) is 11.2. The van der Waals surface area contributed by atoms with E-state index in [4.69, 9.17) is 4.74 Å². The van der Waals surface area contributed by atoms with E-state index in [2.05, 4.69) is 25.9 Å². The Labute approximate surface area is 158 Å². The van der Waals surface area contributed by atoms with E-state index in [0.717, 1.165) is 20.9 Å². The van der Waals surface area contributed by atoms with Gasteiger partial charge in [0.2, 0.25) is 0 Å². The molecule has 0 aliphatic rings. The SMILES string of the molecule is CN(c1ccc(Oc2ncc(Br)cn2)cc1)S(=O)(=O)c1ccc(F)cc1. The Bertz CT molecular complexity index is 995. The molecule has 0 bridgehead atoms. The topological polar surface area (TPSA) is 72.4 Å². The molecular weight excluding hydrogens is 425 g/mol. The van der Waals surface area contributed by atoms with Crippen LogP contribution in [-0.2, 0) is 10.0 Å². The zero-order valence-corrected chi connectivity index (χ0v) is 15.9. The molecule has 1 heterocycles. The molecule has 0 saturated carbocycles. The summed E-state index contributed by atoms with van der Waals surface area (Å²) in [4.78, 5) is 8.00. The number of nitrogens with zero attached hydrogens (tertiary/aromatic N) is 3. The number of rotatable bonds is 5. The fourth-order valence-corrected chi connectivity index (χ4v) is 3.49. The van der Waals surface area contributed by atoms with Crippen LogP contribution in [-0.4, -0.2) is 25.4 Å². The van der Waals surface area contributed by atoms with Crippen LogP contribution in [0, 0.1) is 5.82 Å². The summed E-state index contributed by atoms with van der Waals surface area (Å²) in [6.45, 7) is 0. The fraction of sp³-hybridized carbons (Fsp3) is 0.0588. The van der Waals surface area contributed by atoms with Gasteiger partial charge in [-0.1, -0.05) is 0 Å². The van der Waals surface area contributed by atoms with Crippen molar-refractivity contribution in [3.63, 3.8) is 0 Å². The van der Waals surface area contributed by atoms with Gasteiger partial charge in [-0.05, 0) is 64.5 Å². The zero-order valence-electron chi connectivity index (χ0n) is 13.5. The van der Waals surface area contributed by atoms with Crippen LogP contribution in [0.5, 0.6) is 11.8 Å². The summed E-state index contributed by atoms with van der Waals surface area (Å²) >= 11 is 3.23. The van der Waals surface area contributed by atoms with Crippen molar-refractivity contribution in [1.29, 1.82) is 0 Å². The third-order valence-corrected chi connectivity index (χ3v) is 5.69. The van der Waals surface area contributed by atoms with Crippen molar-refractivity contribution >= 4 is 31.6 Å². The first-order valence-corrected chi connectivity index (χ1v) is 9.59. The molecule has 0 spiro atoms. The van der Waals surface area contributed by atoms with Crippen LogP contribution in [0.1, 0.15) is 0 Å². The number of anilines is 1. The molecule has 3 rings (SSSR count). The van der Waals surface area contributed by atoms with E-state index in [9.17, 15) is 12.8 Å². The first-order chi connectivity index (χ1) is 12.4. The minimum Gasteiger partial charge on any atom is -0.424 e. The molecule has 26 heavy (non-hydrogen) atoms. The summed E-state index contributed by atoms with van der Waals surface area (Å²) in [5, 5.41) is 0. The van der Waals surface area contributed by atoms with Crippen LogP contribution in [0.2, 0.25) is 0 Å². The molecule has 0 radical (unpaired) electrons. The Morgan fingerprint density at radius 1 is 1.00 bits per heavy atom. The summed E-state index contributed by atoms with van der Waals surface area (Å²) in [6.07, 6.45) is 3.11. The van der Waals surface area contributed by atoms with Gasteiger partial charge in [0.15, 0.2) is 0 Å². The molecule has 0 saturated heterocycles. The molecule has 2 aromatic carbocycles. The second-order valence-corrected chi connectivity index (χ2v) is 8.09. The normalized spacial score (nSPS) is 11.2. The van der Waals surface area contributed by atoms with Crippen molar-refractivity contribution in [2.75, 3.05) is 11.4 Å². The second kappa shape index (κ2) is 7.38. The Balaban J connectivity index is 1.78. The van der Waals surface area contributed by atoms with Crippen LogP contribution in [0.15, 0.2) is 70.3 Å². The molecule has 0 amide bonds. The van der Waals surface area contributed by atoms with Crippen molar-refractivity contribution in [1.82, 2.24) is 9.97 Å². The van der Waals surface area contributed by atoms with Gasteiger partial charge in [0, 0.05) is 19.4 Å². The molecule has 3 aromatic rings. The van der Waals surface area contributed by atoms with E-state index < -0.39 is 15.8 Å². The predicted octanol–water partition coefficient (Wildman–Crippen LogP) is 4.00. The molecule has 0 atom stereocenters. The van der Waals surface area contributed by atoms with Gasteiger partial charge in [-0.3, -0.25) is 4.31 Å². The Morgan fingerprint density at radius 2 is 1.58 bits per heavy atom.